The Morgan fingerprint density at radius 1 is 1.67 bits per heavy atom. The fourth-order valence-electron chi connectivity index (χ4n) is 1.51. The molecule has 2 atom stereocenters. The van der Waals surface area contributed by atoms with Gasteiger partial charge in [0.2, 0.25) is 0 Å². The summed E-state index contributed by atoms with van der Waals surface area (Å²) in [4.78, 5) is 1.31. The van der Waals surface area contributed by atoms with Gasteiger partial charge in [-0.15, -0.1) is 11.3 Å². The van der Waals surface area contributed by atoms with Crippen LogP contribution in [0.3, 0.4) is 0 Å². The van der Waals surface area contributed by atoms with Gasteiger partial charge in [-0.05, 0) is 48.2 Å². The fourth-order valence-corrected chi connectivity index (χ4v) is 3.43. The van der Waals surface area contributed by atoms with Crippen molar-refractivity contribution in [3.63, 3.8) is 0 Å². The van der Waals surface area contributed by atoms with E-state index in [1.165, 1.54) is 4.88 Å². The van der Waals surface area contributed by atoms with Gasteiger partial charge in [0.25, 0.3) is 0 Å². The molecule has 0 fully saturated rings. The van der Waals surface area contributed by atoms with Crippen molar-refractivity contribution in [3.8, 4) is 0 Å². The van der Waals surface area contributed by atoms with Crippen LogP contribution in [0.2, 0.25) is 0 Å². The van der Waals surface area contributed by atoms with Crippen LogP contribution in [0.25, 0.3) is 0 Å². The van der Waals surface area contributed by atoms with Crippen LogP contribution in [-0.4, -0.2) is 8.96 Å². The Kier molecular flexibility index (Phi) is 4.52. The molecule has 0 saturated carbocycles. The lowest BCUT2D eigenvalue weighted by molar-refractivity contribution is 0.545. The zero-order valence-electron chi connectivity index (χ0n) is 9.12. The summed E-state index contributed by atoms with van der Waals surface area (Å²) < 4.78 is 12.1. The standard InChI is InChI=1S/C10H16BrNOS2/c1-7(5-10(2,3)15(12)13)9-4-8(11)6-14-9/h4,6-7H,5,12H2,1-3H3/t7-,15?/m0/s1. The molecule has 1 heterocycles. The first-order valence-corrected chi connectivity index (χ1v) is 7.61. The molecule has 0 aliphatic carbocycles. The van der Waals surface area contributed by atoms with E-state index in [1.54, 1.807) is 11.3 Å². The molecule has 1 aromatic rings. The van der Waals surface area contributed by atoms with Crippen molar-refractivity contribution >= 4 is 38.3 Å². The third-order valence-corrected chi connectivity index (χ3v) is 5.60. The highest BCUT2D eigenvalue weighted by atomic mass is 79.9. The molecule has 0 aliphatic heterocycles. The van der Waals surface area contributed by atoms with E-state index in [2.05, 4.69) is 34.3 Å². The van der Waals surface area contributed by atoms with Crippen LogP contribution in [0.5, 0.6) is 0 Å². The first-order valence-electron chi connectivity index (χ1n) is 4.73. The lowest BCUT2D eigenvalue weighted by atomic mass is 9.97. The number of rotatable bonds is 4. The minimum Gasteiger partial charge on any atom is -0.251 e. The summed E-state index contributed by atoms with van der Waals surface area (Å²) in [6.07, 6.45) is 0.836. The summed E-state index contributed by atoms with van der Waals surface area (Å²) in [5.74, 6) is 0.392. The summed E-state index contributed by atoms with van der Waals surface area (Å²) >= 11 is 5.16. The van der Waals surface area contributed by atoms with E-state index < -0.39 is 11.0 Å². The normalized spacial score (nSPS) is 16.3. The second kappa shape index (κ2) is 5.08. The lowest BCUT2D eigenvalue weighted by Crippen LogP contribution is -2.33. The Hall–Kier alpha value is 0.290. The van der Waals surface area contributed by atoms with Gasteiger partial charge >= 0.3 is 0 Å². The lowest BCUT2D eigenvalue weighted by Gasteiger charge is -2.24. The molecule has 1 unspecified atom stereocenters. The summed E-state index contributed by atoms with van der Waals surface area (Å²) in [6, 6.07) is 2.12. The van der Waals surface area contributed by atoms with Gasteiger partial charge in [0, 0.05) is 14.7 Å². The summed E-state index contributed by atoms with van der Waals surface area (Å²) in [5.41, 5.74) is 0. The quantitative estimate of drug-likeness (QED) is 0.910. The van der Waals surface area contributed by atoms with Gasteiger partial charge in [-0.3, -0.25) is 5.14 Å². The summed E-state index contributed by atoms with van der Waals surface area (Å²) in [7, 11) is -1.27. The van der Waals surface area contributed by atoms with E-state index in [0.29, 0.717) is 5.92 Å². The van der Waals surface area contributed by atoms with Crippen LogP contribution in [0.15, 0.2) is 15.9 Å². The largest absolute Gasteiger partial charge is 0.251 e. The van der Waals surface area contributed by atoms with E-state index in [1.807, 2.05) is 13.8 Å². The first kappa shape index (κ1) is 13.4. The Balaban J connectivity index is 2.71. The van der Waals surface area contributed by atoms with Crippen molar-refractivity contribution in [2.45, 2.75) is 37.9 Å². The van der Waals surface area contributed by atoms with Gasteiger partial charge in [-0.1, -0.05) is 6.92 Å². The third-order valence-electron chi connectivity index (χ3n) is 2.42. The van der Waals surface area contributed by atoms with Crippen molar-refractivity contribution in [3.05, 3.63) is 20.8 Å². The molecule has 1 aromatic heterocycles. The van der Waals surface area contributed by atoms with Crippen LogP contribution in [0.1, 0.15) is 38.0 Å². The maximum absolute atomic E-state index is 11.3. The average molecular weight is 310 g/mol. The van der Waals surface area contributed by atoms with E-state index in [9.17, 15) is 4.21 Å². The van der Waals surface area contributed by atoms with E-state index in [0.717, 1.165) is 10.9 Å². The van der Waals surface area contributed by atoms with Gasteiger partial charge in [-0.2, -0.15) is 0 Å². The van der Waals surface area contributed by atoms with Gasteiger partial charge in [0.1, 0.15) is 0 Å². The molecular weight excluding hydrogens is 294 g/mol. The third kappa shape index (κ3) is 3.66. The van der Waals surface area contributed by atoms with Crippen molar-refractivity contribution in [1.82, 2.24) is 0 Å². The highest BCUT2D eigenvalue weighted by Gasteiger charge is 2.27. The van der Waals surface area contributed by atoms with Crippen molar-refractivity contribution in [2.75, 3.05) is 0 Å². The van der Waals surface area contributed by atoms with Crippen molar-refractivity contribution in [1.29, 1.82) is 0 Å². The molecule has 2 N–H and O–H groups in total. The molecule has 0 bridgehead atoms. The van der Waals surface area contributed by atoms with Gasteiger partial charge in [0.05, 0.1) is 15.7 Å². The molecule has 0 radical (unpaired) electrons. The topological polar surface area (TPSA) is 43.1 Å². The van der Waals surface area contributed by atoms with Crippen molar-refractivity contribution < 1.29 is 4.21 Å². The summed E-state index contributed by atoms with van der Waals surface area (Å²) in [6.45, 7) is 6.04. The van der Waals surface area contributed by atoms with E-state index in [-0.39, 0.29) is 4.75 Å². The second-order valence-corrected chi connectivity index (χ2v) is 7.89. The Morgan fingerprint density at radius 2 is 2.27 bits per heavy atom. The fraction of sp³-hybridized carbons (Fsp3) is 0.600. The van der Waals surface area contributed by atoms with Crippen LogP contribution in [0.4, 0.5) is 0 Å². The highest BCUT2D eigenvalue weighted by Crippen LogP contribution is 2.33. The van der Waals surface area contributed by atoms with E-state index >= 15 is 0 Å². The number of halogens is 1. The molecule has 2 nitrogen and oxygen atoms in total. The maximum Gasteiger partial charge on any atom is 0.0945 e. The monoisotopic (exact) mass is 309 g/mol. The molecular formula is C10H16BrNOS2. The minimum atomic E-state index is -1.27. The highest BCUT2D eigenvalue weighted by molar-refractivity contribution is 9.10. The zero-order valence-corrected chi connectivity index (χ0v) is 12.3. The second-order valence-electron chi connectivity index (χ2n) is 4.33. The average Bonchev–Trinajstić information content (AvgIpc) is 2.50. The summed E-state index contributed by atoms with van der Waals surface area (Å²) in [5, 5.41) is 7.54. The van der Waals surface area contributed by atoms with Crippen LogP contribution in [-0.2, 0) is 11.0 Å². The van der Waals surface area contributed by atoms with Crippen LogP contribution < -0.4 is 5.14 Å². The molecule has 5 heteroatoms. The van der Waals surface area contributed by atoms with Crippen LogP contribution >= 0.6 is 27.3 Å². The number of thiophene rings is 1. The molecule has 1 rings (SSSR count). The predicted octanol–water partition coefficient (Wildman–Crippen LogP) is 3.41. The smallest absolute Gasteiger partial charge is 0.0945 e. The molecule has 86 valence electrons. The van der Waals surface area contributed by atoms with E-state index in [4.69, 9.17) is 5.14 Å². The number of hydrogen-bond acceptors (Lipinski definition) is 2. The molecule has 0 spiro atoms. The Bertz CT molecular complexity index is 362. The van der Waals surface area contributed by atoms with Crippen molar-refractivity contribution in [2.24, 2.45) is 5.14 Å². The van der Waals surface area contributed by atoms with Gasteiger partial charge < -0.3 is 0 Å². The van der Waals surface area contributed by atoms with Gasteiger partial charge in [0.15, 0.2) is 0 Å². The molecule has 0 aliphatic rings. The zero-order chi connectivity index (χ0) is 11.6. The predicted molar refractivity (Wildman–Crippen MR) is 71.5 cm³/mol. The molecule has 15 heavy (non-hydrogen) atoms. The minimum absolute atomic E-state index is 0.324. The van der Waals surface area contributed by atoms with Crippen LogP contribution in [0, 0.1) is 0 Å². The molecule has 0 aromatic carbocycles. The number of hydrogen-bond donors (Lipinski definition) is 1. The molecule has 0 amide bonds. The Morgan fingerprint density at radius 3 is 2.67 bits per heavy atom. The Labute approximate surface area is 106 Å². The SMILES string of the molecule is C[C@@H](CC(C)(C)S(N)=O)c1cc(Br)cs1. The molecule has 0 saturated heterocycles. The number of nitrogens with two attached hydrogens (primary N) is 1. The van der Waals surface area contributed by atoms with Gasteiger partial charge in [-0.25, -0.2) is 4.21 Å². The maximum atomic E-state index is 11.3. The first-order chi connectivity index (χ1) is 6.83.